The van der Waals surface area contributed by atoms with Crippen molar-refractivity contribution in [3.63, 3.8) is 0 Å². The summed E-state index contributed by atoms with van der Waals surface area (Å²) in [6.07, 6.45) is -3.45. The van der Waals surface area contributed by atoms with Crippen molar-refractivity contribution < 1.29 is 22.6 Å². The lowest BCUT2D eigenvalue weighted by atomic mass is 10.1. The zero-order chi connectivity index (χ0) is 15.2. The molecule has 1 atom stereocenters. The van der Waals surface area contributed by atoms with Crippen molar-refractivity contribution in [2.45, 2.75) is 25.6 Å². The third kappa shape index (κ3) is 6.11. The van der Waals surface area contributed by atoms with Crippen molar-refractivity contribution in [2.24, 2.45) is 5.73 Å². The molecule has 1 aromatic carbocycles. The van der Waals surface area contributed by atoms with Crippen LogP contribution in [0.5, 0.6) is 5.75 Å². The Balaban J connectivity index is 2.56. The quantitative estimate of drug-likeness (QED) is 0.808. The molecule has 3 nitrogen and oxygen atoms in total. The SMILES string of the molecule is CCCOc1ccc(C(N)COCC(F)(F)F)cc1Br. The van der Waals surface area contributed by atoms with E-state index in [1.807, 2.05) is 6.92 Å². The van der Waals surface area contributed by atoms with Crippen molar-refractivity contribution >= 4 is 15.9 Å². The Morgan fingerprint density at radius 1 is 1.35 bits per heavy atom. The molecule has 0 aliphatic rings. The number of halogens is 4. The fraction of sp³-hybridized carbons (Fsp3) is 0.538. The normalized spacial score (nSPS) is 13.3. The van der Waals surface area contributed by atoms with Gasteiger partial charge in [0, 0.05) is 0 Å². The van der Waals surface area contributed by atoms with Crippen LogP contribution < -0.4 is 10.5 Å². The van der Waals surface area contributed by atoms with Gasteiger partial charge in [0.15, 0.2) is 0 Å². The first-order chi connectivity index (χ1) is 9.33. The average Bonchev–Trinajstić information content (AvgIpc) is 2.35. The molecule has 114 valence electrons. The van der Waals surface area contributed by atoms with Gasteiger partial charge in [-0.1, -0.05) is 13.0 Å². The monoisotopic (exact) mass is 355 g/mol. The van der Waals surface area contributed by atoms with E-state index in [1.54, 1.807) is 18.2 Å². The van der Waals surface area contributed by atoms with Crippen LogP contribution >= 0.6 is 15.9 Å². The first kappa shape index (κ1) is 17.3. The van der Waals surface area contributed by atoms with Crippen molar-refractivity contribution in [1.29, 1.82) is 0 Å². The molecule has 1 aromatic rings. The highest BCUT2D eigenvalue weighted by Gasteiger charge is 2.27. The molecule has 0 aromatic heterocycles. The third-order valence-electron chi connectivity index (χ3n) is 2.41. The fourth-order valence-electron chi connectivity index (χ4n) is 1.47. The Hall–Kier alpha value is -0.790. The van der Waals surface area contributed by atoms with Crippen LogP contribution in [0.25, 0.3) is 0 Å². The molecule has 0 amide bonds. The third-order valence-corrected chi connectivity index (χ3v) is 3.03. The molecule has 2 N–H and O–H groups in total. The molecular formula is C13H17BrF3NO2. The second-order valence-corrected chi connectivity index (χ2v) is 5.13. The second kappa shape index (κ2) is 7.85. The van der Waals surface area contributed by atoms with Gasteiger partial charge in [0.1, 0.15) is 12.4 Å². The van der Waals surface area contributed by atoms with Crippen molar-refractivity contribution in [2.75, 3.05) is 19.8 Å². The first-order valence-corrected chi connectivity index (χ1v) is 6.95. The lowest BCUT2D eigenvalue weighted by Crippen LogP contribution is -2.23. The van der Waals surface area contributed by atoms with Crippen molar-refractivity contribution in [3.8, 4) is 5.75 Å². The molecule has 1 rings (SSSR count). The summed E-state index contributed by atoms with van der Waals surface area (Å²) >= 11 is 3.34. The molecule has 0 bridgehead atoms. The topological polar surface area (TPSA) is 44.5 Å². The number of alkyl halides is 3. The summed E-state index contributed by atoms with van der Waals surface area (Å²) < 4.78 is 46.6. The highest BCUT2D eigenvalue weighted by atomic mass is 79.9. The summed E-state index contributed by atoms with van der Waals surface area (Å²) in [5.74, 6) is 0.680. The second-order valence-electron chi connectivity index (χ2n) is 4.28. The summed E-state index contributed by atoms with van der Waals surface area (Å²) in [5.41, 5.74) is 6.47. The molecule has 20 heavy (non-hydrogen) atoms. The molecule has 0 aliphatic carbocycles. The van der Waals surface area contributed by atoms with Crippen LogP contribution in [0.2, 0.25) is 0 Å². The van der Waals surface area contributed by atoms with Gasteiger partial charge in [0.25, 0.3) is 0 Å². The van der Waals surface area contributed by atoms with E-state index in [0.29, 0.717) is 17.9 Å². The number of hydrogen-bond acceptors (Lipinski definition) is 3. The molecule has 0 saturated heterocycles. The van der Waals surface area contributed by atoms with E-state index < -0.39 is 18.8 Å². The maximum absolute atomic E-state index is 12.0. The van der Waals surface area contributed by atoms with Crippen LogP contribution in [-0.4, -0.2) is 26.0 Å². The maximum Gasteiger partial charge on any atom is 0.411 e. The van der Waals surface area contributed by atoms with E-state index >= 15 is 0 Å². The highest BCUT2D eigenvalue weighted by Crippen LogP contribution is 2.28. The smallest absolute Gasteiger partial charge is 0.411 e. The molecule has 0 heterocycles. The van der Waals surface area contributed by atoms with Crippen LogP contribution in [0.4, 0.5) is 13.2 Å². The van der Waals surface area contributed by atoms with E-state index in [-0.39, 0.29) is 6.61 Å². The molecular weight excluding hydrogens is 339 g/mol. The van der Waals surface area contributed by atoms with Gasteiger partial charge in [0.2, 0.25) is 0 Å². The van der Waals surface area contributed by atoms with Gasteiger partial charge < -0.3 is 15.2 Å². The summed E-state index contributed by atoms with van der Waals surface area (Å²) in [6.45, 7) is 1.11. The van der Waals surface area contributed by atoms with E-state index in [2.05, 4.69) is 20.7 Å². The number of nitrogens with two attached hydrogens (primary N) is 1. The number of rotatable bonds is 7. The van der Waals surface area contributed by atoms with Gasteiger partial charge in [-0.15, -0.1) is 0 Å². The van der Waals surface area contributed by atoms with Gasteiger partial charge in [-0.3, -0.25) is 0 Å². The molecule has 0 spiro atoms. The minimum Gasteiger partial charge on any atom is -0.492 e. The summed E-state index contributed by atoms with van der Waals surface area (Å²) in [7, 11) is 0. The maximum atomic E-state index is 12.0. The predicted octanol–water partition coefficient (Wildman–Crippen LogP) is 3.82. The predicted molar refractivity (Wildman–Crippen MR) is 73.7 cm³/mol. The van der Waals surface area contributed by atoms with Crippen LogP contribution in [0.3, 0.4) is 0 Å². The lowest BCUT2D eigenvalue weighted by molar-refractivity contribution is -0.174. The van der Waals surface area contributed by atoms with E-state index in [9.17, 15) is 13.2 Å². The minimum absolute atomic E-state index is 0.193. The Labute approximate surface area is 124 Å². The van der Waals surface area contributed by atoms with Gasteiger partial charge in [-0.25, -0.2) is 0 Å². The van der Waals surface area contributed by atoms with E-state index in [0.717, 1.165) is 10.9 Å². The lowest BCUT2D eigenvalue weighted by Gasteiger charge is -2.15. The van der Waals surface area contributed by atoms with Gasteiger partial charge >= 0.3 is 6.18 Å². The zero-order valence-electron chi connectivity index (χ0n) is 11.0. The largest absolute Gasteiger partial charge is 0.492 e. The van der Waals surface area contributed by atoms with Crippen molar-refractivity contribution in [1.82, 2.24) is 0 Å². The molecule has 7 heteroatoms. The van der Waals surface area contributed by atoms with Gasteiger partial charge in [0.05, 0.1) is 23.7 Å². The van der Waals surface area contributed by atoms with E-state index in [1.165, 1.54) is 0 Å². The number of hydrogen-bond donors (Lipinski definition) is 1. The van der Waals surface area contributed by atoms with Gasteiger partial charge in [-0.05, 0) is 40.0 Å². The Morgan fingerprint density at radius 2 is 2.05 bits per heavy atom. The Bertz CT molecular complexity index is 427. The summed E-state index contributed by atoms with van der Waals surface area (Å²) in [6, 6.07) is 4.57. The molecule has 0 fully saturated rings. The zero-order valence-corrected chi connectivity index (χ0v) is 12.6. The van der Waals surface area contributed by atoms with Gasteiger partial charge in [-0.2, -0.15) is 13.2 Å². The summed E-state index contributed by atoms with van der Waals surface area (Å²) in [5, 5.41) is 0. The molecule has 0 radical (unpaired) electrons. The van der Waals surface area contributed by atoms with Crippen LogP contribution in [-0.2, 0) is 4.74 Å². The number of ether oxygens (including phenoxy) is 2. The molecule has 1 unspecified atom stereocenters. The van der Waals surface area contributed by atoms with E-state index in [4.69, 9.17) is 10.5 Å². The fourth-order valence-corrected chi connectivity index (χ4v) is 1.99. The van der Waals surface area contributed by atoms with Crippen molar-refractivity contribution in [3.05, 3.63) is 28.2 Å². The molecule has 0 aliphatic heterocycles. The molecule has 0 saturated carbocycles. The highest BCUT2D eigenvalue weighted by molar-refractivity contribution is 9.10. The standard InChI is InChI=1S/C13H17BrF3NO2/c1-2-5-20-12-4-3-9(6-10(12)14)11(18)7-19-8-13(15,16)17/h3-4,6,11H,2,5,7-8,18H2,1H3. The number of benzene rings is 1. The minimum atomic E-state index is -4.34. The van der Waals surface area contributed by atoms with Crippen LogP contribution in [0.1, 0.15) is 24.9 Å². The Morgan fingerprint density at radius 3 is 2.60 bits per heavy atom. The van der Waals surface area contributed by atoms with Crippen LogP contribution in [0, 0.1) is 0 Å². The average molecular weight is 356 g/mol. The van der Waals surface area contributed by atoms with Crippen LogP contribution in [0.15, 0.2) is 22.7 Å². The summed E-state index contributed by atoms with van der Waals surface area (Å²) in [4.78, 5) is 0. The Kier molecular flexibility index (Phi) is 6.78. The first-order valence-electron chi connectivity index (χ1n) is 6.16.